The number of nitrogens with zero attached hydrogens (tertiary/aromatic N) is 2. The van der Waals surface area contributed by atoms with Crippen LogP contribution in [0.25, 0.3) is 0 Å². The lowest BCUT2D eigenvalue weighted by molar-refractivity contribution is -0.137. The van der Waals surface area contributed by atoms with Crippen LogP contribution in [-0.4, -0.2) is 32.1 Å². The molecule has 2 atom stereocenters. The number of carboxylic acid groups (broad SMARTS) is 2. The van der Waals surface area contributed by atoms with E-state index in [2.05, 4.69) is 35.2 Å². The third kappa shape index (κ3) is 2.86. The molecule has 1 rings (SSSR count). The summed E-state index contributed by atoms with van der Waals surface area (Å²) in [5.41, 5.74) is 0.155. The van der Waals surface area contributed by atoms with Gasteiger partial charge in [-0.25, -0.2) is 0 Å². The van der Waals surface area contributed by atoms with E-state index < -0.39 is 22.4 Å². The molecule has 0 amide bonds. The maximum atomic E-state index is 10.6. The molecule has 0 bridgehead atoms. The molecule has 6 nitrogen and oxygen atoms in total. The number of aliphatic carboxylic acids is 2. The Balaban J connectivity index is 3.04. The molecule has 86 valence electrons. The van der Waals surface area contributed by atoms with Crippen molar-refractivity contribution in [3.63, 3.8) is 0 Å². The summed E-state index contributed by atoms with van der Waals surface area (Å²) < 4.78 is 0. The third-order valence-electron chi connectivity index (χ3n) is 1.70. The van der Waals surface area contributed by atoms with Gasteiger partial charge in [-0.2, -0.15) is 25.3 Å². The Labute approximate surface area is 102 Å². The van der Waals surface area contributed by atoms with Crippen LogP contribution < -0.4 is 0 Å². The van der Waals surface area contributed by atoms with Crippen LogP contribution in [0.2, 0.25) is 0 Å². The predicted octanol–water partition coefficient (Wildman–Crippen LogP) is 0.588. The molecule has 0 aliphatic heterocycles. The van der Waals surface area contributed by atoms with E-state index in [9.17, 15) is 9.59 Å². The fraction of sp³-hybridized carbons (Fsp3) is 0.250. The molecule has 1 aromatic heterocycles. The highest BCUT2D eigenvalue weighted by molar-refractivity contribution is 7.81. The van der Waals surface area contributed by atoms with E-state index in [0.717, 1.165) is 0 Å². The van der Waals surface area contributed by atoms with Crippen molar-refractivity contribution in [2.45, 2.75) is 10.5 Å². The van der Waals surface area contributed by atoms with Gasteiger partial charge in [0.05, 0.1) is 23.8 Å². The number of rotatable bonds is 4. The van der Waals surface area contributed by atoms with Gasteiger partial charge in [0.2, 0.25) is 0 Å². The molecule has 0 saturated carbocycles. The van der Waals surface area contributed by atoms with Gasteiger partial charge in [0.25, 0.3) is 0 Å². The van der Waals surface area contributed by atoms with E-state index in [0.29, 0.717) is 0 Å². The average molecular weight is 260 g/mol. The molecule has 1 aromatic rings. The van der Waals surface area contributed by atoms with E-state index in [4.69, 9.17) is 10.2 Å². The lowest BCUT2D eigenvalue weighted by Gasteiger charge is -2.08. The van der Waals surface area contributed by atoms with Crippen LogP contribution in [0.5, 0.6) is 0 Å². The maximum Gasteiger partial charge on any atom is 0.322 e. The predicted molar refractivity (Wildman–Crippen MR) is 60.8 cm³/mol. The molecule has 0 spiro atoms. The zero-order valence-electron chi connectivity index (χ0n) is 7.81. The fourth-order valence-electron chi connectivity index (χ4n) is 0.913. The number of hydrogen-bond acceptors (Lipinski definition) is 6. The van der Waals surface area contributed by atoms with Crippen molar-refractivity contribution in [3.05, 3.63) is 23.8 Å². The molecule has 16 heavy (non-hydrogen) atoms. The van der Waals surface area contributed by atoms with Crippen LogP contribution in [-0.2, 0) is 9.59 Å². The highest BCUT2D eigenvalue weighted by Gasteiger charge is 2.21. The normalized spacial score (nSPS) is 14.1. The molecule has 2 unspecified atom stereocenters. The Morgan fingerprint density at radius 2 is 1.44 bits per heavy atom. The minimum Gasteiger partial charge on any atom is -0.480 e. The minimum atomic E-state index is -1.18. The van der Waals surface area contributed by atoms with E-state index in [1.807, 2.05) is 0 Å². The Morgan fingerprint density at radius 3 is 1.75 bits per heavy atom. The first-order valence-electron chi connectivity index (χ1n) is 4.07. The summed E-state index contributed by atoms with van der Waals surface area (Å²) in [5.74, 6) is -2.36. The highest BCUT2D eigenvalue weighted by atomic mass is 32.1. The number of carboxylic acids is 2. The van der Waals surface area contributed by atoms with E-state index >= 15 is 0 Å². The molecule has 0 radical (unpaired) electrons. The standard InChI is InChI=1S/C8H8N2O4S2/c11-7(12)5(15)3-1-9-2-4(10-3)6(16)8(13)14/h1-2,5-6,15-16H,(H,11,12)(H,13,14). The summed E-state index contributed by atoms with van der Waals surface area (Å²) in [5, 5.41) is 15.1. The van der Waals surface area contributed by atoms with Crippen LogP contribution in [0.4, 0.5) is 0 Å². The van der Waals surface area contributed by atoms with Crippen molar-refractivity contribution in [1.29, 1.82) is 0 Å². The van der Waals surface area contributed by atoms with Crippen molar-refractivity contribution < 1.29 is 19.8 Å². The van der Waals surface area contributed by atoms with Gasteiger partial charge >= 0.3 is 11.9 Å². The second-order valence-corrected chi connectivity index (χ2v) is 3.88. The molecule has 2 N–H and O–H groups in total. The van der Waals surface area contributed by atoms with Crippen LogP contribution in [0, 0.1) is 0 Å². The molecule has 0 aliphatic rings. The summed E-state index contributed by atoms with van der Waals surface area (Å²) >= 11 is 7.62. The monoisotopic (exact) mass is 260 g/mol. The van der Waals surface area contributed by atoms with Gasteiger partial charge in [-0.3, -0.25) is 19.6 Å². The fourth-order valence-corrected chi connectivity index (χ4v) is 1.16. The van der Waals surface area contributed by atoms with Gasteiger partial charge < -0.3 is 10.2 Å². The maximum absolute atomic E-state index is 10.6. The largest absolute Gasteiger partial charge is 0.480 e. The molecule has 0 saturated heterocycles. The summed E-state index contributed by atoms with van der Waals surface area (Å²) in [6.07, 6.45) is 2.44. The zero-order valence-corrected chi connectivity index (χ0v) is 9.60. The summed E-state index contributed by atoms with van der Waals surface area (Å²) in [6, 6.07) is 0. The van der Waals surface area contributed by atoms with Crippen molar-refractivity contribution in [1.82, 2.24) is 9.97 Å². The van der Waals surface area contributed by atoms with Crippen molar-refractivity contribution >= 4 is 37.2 Å². The van der Waals surface area contributed by atoms with E-state index in [1.165, 1.54) is 12.4 Å². The molecule has 1 heterocycles. The lowest BCUT2D eigenvalue weighted by Crippen LogP contribution is -2.12. The summed E-state index contributed by atoms with van der Waals surface area (Å²) in [7, 11) is 0. The molecule has 0 fully saturated rings. The topological polar surface area (TPSA) is 100 Å². The van der Waals surface area contributed by atoms with Gasteiger partial charge in [-0.1, -0.05) is 0 Å². The first-order chi connectivity index (χ1) is 7.43. The first-order valence-corrected chi connectivity index (χ1v) is 5.10. The highest BCUT2D eigenvalue weighted by Crippen LogP contribution is 2.21. The Hall–Kier alpha value is -1.28. The van der Waals surface area contributed by atoms with Gasteiger partial charge in [0.15, 0.2) is 0 Å². The smallest absolute Gasteiger partial charge is 0.322 e. The van der Waals surface area contributed by atoms with E-state index in [-0.39, 0.29) is 11.4 Å². The van der Waals surface area contributed by atoms with Crippen molar-refractivity contribution in [2.24, 2.45) is 0 Å². The van der Waals surface area contributed by atoms with Gasteiger partial charge in [-0.05, 0) is 0 Å². The number of hydrogen-bond donors (Lipinski definition) is 4. The second kappa shape index (κ2) is 5.17. The molecule has 0 aliphatic carbocycles. The Kier molecular flexibility index (Phi) is 4.13. The Bertz CT molecular complexity index is 391. The summed E-state index contributed by atoms with van der Waals surface area (Å²) in [4.78, 5) is 28.8. The van der Waals surface area contributed by atoms with Crippen molar-refractivity contribution in [3.8, 4) is 0 Å². The number of carbonyl (C=O) groups is 2. The minimum absolute atomic E-state index is 0.0774. The molecule has 0 aromatic carbocycles. The first kappa shape index (κ1) is 12.8. The average Bonchev–Trinajstić information content (AvgIpc) is 2.26. The molecular formula is C8H8N2O4S2. The number of thiol groups is 2. The van der Waals surface area contributed by atoms with Crippen LogP contribution >= 0.6 is 25.3 Å². The quantitative estimate of drug-likeness (QED) is 0.591. The van der Waals surface area contributed by atoms with Gasteiger partial charge in [-0.15, -0.1) is 0 Å². The van der Waals surface area contributed by atoms with Crippen LogP contribution in [0.1, 0.15) is 21.9 Å². The van der Waals surface area contributed by atoms with Gasteiger partial charge in [0, 0.05) is 0 Å². The molecular weight excluding hydrogens is 252 g/mol. The van der Waals surface area contributed by atoms with Crippen LogP contribution in [0.3, 0.4) is 0 Å². The number of aromatic nitrogens is 2. The van der Waals surface area contributed by atoms with E-state index in [1.54, 1.807) is 0 Å². The SMILES string of the molecule is O=C(O)C(S)c1cncc(C(S)C(=O)O)n1. The Morgan fingerprint density at radius 1 is 1.06 bits per heavy atom. The zero-order chi connectivity index (χ0) is 12.3. The third-order valence-corrected chi connectivity index (χ3v) is 2.67. The lowest BCUT2D eigenvalue weighted by atomic mass is 10.2. The summed E-state index contributed by atoms with van der Waals surface area (Å²) in [6.45, 7) is 0. The molecule has 8 heteroatoms. The van der Waals surface area contributed by atoms with Gasteiger partial charge in [0.1, 0.15) is 10.5 Å². The second-order valence-electron chi connectivity index (χ2n) is 2.85. The van der Waals surface area contributed by atoms with Crippen molar-refractivity contribution in [2.75, 3.05) is 0 Å². The van der Waals surface area contributed by atoms with Crippen LogP contribution in [0.15, 0.2) is 12.4 Å².